The number of aliphatic carboxylic acids is 1. The highest BCUT2D eigenvalue weighted by molar-refractivity contribution is 5.82. The van der Waals surface area contributed by atoms with Crippen molar-refractivity contribution in [1.29, 1.82) is 0 Å². The van der Waals surface area contributed by atoms with Crippen LogP contribution in [0.2, 0.25) is 0 Å². The van der Waals surface area contributed by atoms with Crippen LogP contribution in [0.25, 0.3) is 0 Å². The van der Waals surface area contributed by atoms with Crippen LogP contribution >= 0.6 is 0 Å². The van der Waals surface area contributed by atoms with Crippen molar-refractivity contribution in [3.05, 3.63) is 0 Å². The van der Waals surface area contributed by atoms with Crippen LogP contribution in [0.3, 0.4) is 0 Å². The number of ketones is 1. The number of hydrogen-bond donors (Lipinski definition) is 1. The quantitative estimate of drug-likeness (QED) is 0.779. The number of carboxylic acids is 1. The van der Waals surface area contributed by atoms with Gasteiger partial charge in [-0.15, -0.1) is 0 Å². The molecule has 1 aliphatic rings. The number of carboxylic acid groups (broad SMARTS) is 1. The van der Waals surface area contributed by atoms with Gasteiger partial charge >= 0.3 is 5.97 Å². The normalized spacial score (nSPS) is 25.2. The average molecular weight is 212 g/mol. The first-order valence-electron chi connectivity index (χ1n) is 5.65. The van der Waals surface area contributed by atoms with Gasteiger partial charge in [-0.25, -0.2) is 0 Å². The summed E-state index contributed by atoms with van der Waals surface area (Å²) in [6.07, 6.45) is 4.24. The Morgan fingerprint density at radius 3 is 2.73 bits per heavy atom. The van der Waals surface area contributed by atoms with Gasteiger partial charge in [-0.05, 0) is 31.1 Å². The second-order valence-electron chi connectivity index (χ2n) is 5.33. The van der Waals surface area contributed by atoms with E-state index in [1.165, 1.54) is 0 Å². The van der Waals surface area contributed by atoms with Gasteiger partial charge in [-0.2, -0.15) is 0 Å². The zero-order valence-corrected chi connectivity index (χ0v) is 9.58. The van der Waals surface area contributed by atoms with Gasteiger partial charge in [0, 0.05) is 18.8 Å². The summed E-state index contributed by atoms with van der Waals surface area (Å²) in [5.41, 5.74) is 0.153. The smallest absolute Gasteiger partial charge is 0.303 e. The van der Waals surface area contributed by atoms with Crippen LogP contribution in [0.15, 0.2) is 0 Å². The number of rotatable bonds is 4. The van der Waals surface area contributed by atoms with E-state index in [1.54, 1.807) is 0 Å². The lowest BCUT2D eigenvalue weighted by atomic mass is 9.71. The summed E-state index contributed by atoms with van der Waals surface area (Å²) in [5, 5.41) is 8.51. The van der Waals surface area contributed by atoms with Crippen molar-refractivity contribution >= 4 is 11.8 Å². The Bertz CT molecular complexity index is 256. The van der Waals surface area contributed by atoms with Crippen molar-refractivity contribution in [2.45, 2.75) is 52.4 Å². The summed E-state index contributed by atoms with van der Waals surface area (Å²) >= 11 is 0. The monoisotopic (exact) mass is 212 g/mol. The van der Waals surface area contributed by atoms with Gasteiger partial charge in [0.25, 0.3) is 0 Å². The molecular formula is C12H20O3. The number of hydrogen-bond acceptors (Lipinski definition) is 2. The largest absolute Gasteiger partial charge is 0.481 e. The zero-order valence-electron chi connectivity index (χ0n) is 9.58. The predicted molar refractivity (Wildman–Crippen MR) is 57.6 cm³/mol. The lowest BCUT2D eigenvalue weighted by Gasteiger charge is -2.33. The molecule has 0 heterocycles. The van der Waals surface area contributed by atoms with E-state index in [0.29, 0.717) is 18.6 Å². The van der Waals surface area contributed by atoms with E-state index >= 15 is 0 Å². The molecule has 0 spiro atoms. The first-order valence-corrected chi connectivity index (χ1v) is 5.65. The molecular weight excluding hydrogens is 192 g/mol. The number of carbonyl (C=O) groups excluding carboxylic acids is 1. The maximum absolute atomic E-state index is 11.7. The molecule has 1 atom stereocenters. The molecule has 86 valence electrons. The summed E-state index contributed by atoms with van der Waals surface area (Å²) in [7, 11) is 0. The predicted octanol–water partition coefficient (Wildman–Crippen LogP) is 2.64. The van der Waals surface area contributed by atoms with E-state index < -0.39 is 5.97 Å². The molecule has 3 nitrogen and oxygen atoms in total. The number of carbonyl (C=O) groups is 2. The molecule has 1 fully saturated rings. The molecule has 0 aromatic rings. The molecule has 0 amide bonds. The van der Waals surface area contributed by atoms with Gasteiger partial charge in [0.2, 0.25) is 0 Å². The van der Waals surface area contributed by atoms with Crippen molar-refractivity contribution < 1.29 is 14.7 Å². The Balaban J connectivity index is 2.32. The minimum atomic E-state index is -0.765. The third kappa shape index (κ3) is 4.02. The van der Waals surface area contributed by atoms with Crippen LogP contribution in [-0.2, 0) is 9.59 Å². The SMILES string of the molecule is CC1(C)CC[C@H](CCCC(=O)O)C(=O)C1. The molecule has 0 aliphatic heterocycles. The van der Waals surface area contributed by atoms with Gasteiger partial charge in [-0.1, -0.05) is 13.8 Å². The highest BCUT2D eigenvalue weighted by atomic mass is 16.4. The Labute approximate surface area is 90.9 Å². The maximum atomic E-state index is 11.7. The average Bonchev–Trinajstić information content (AvgIpc) is 2.07. The topological polar surface area (TPSA) is 54.4 Å². The van der Waals surface area contributed by atoms with E-state index in [1.807, 2.05) is 0 Å². The molecule has 0 radical (unpaired) electrons. The van der Waals surface area contributed by atoms with Gasteiger partial charge in [0.1, 0.15) is 5.78 Å². The Morgan fingerprint density at radius 2 is 2.20 bits per heavy atom. The van der Waals surface area contributed by atoms with Crippen LogP contribution in [0.5, 0.6) is 0 Å². The van der Waals surface area contributed by atoms with Crippen molar-refractivity contribution in [2.75, 3.05) is 0 Å². The Morgan fingerprint density at radius 1 is 1.53 bits per heavy atom. The fourth-order valence-electron chi connectivity index (χ4n) is 2.24. The van der Waals surface area contributed by atoms with Crippen LogP contribution in [0.4, 0.5) is 0 Å². The molecule has 0 aromatic heterocycles. The first-order chi connectivity index (χ1) is 6.91. The molecule has 0 bridgehead atoms. The first kappa shape index (κ1) is 12.2. The van der Waals surface area contributed by atoms with E-state index in [4.69, 9.17) is 5.11 Å². The molecule has 1 N–H and O–H groups in total. The van der Waals surface area contributed by atoms with Crippen LogP contribution in [0, 0.1) is 11.3 Å². The fourth-order valence-corrected chi connectivity index (χ4v) is 2.24. The second kappa shape index (κ2) is 4.77. The zero-order chi connectivity index (χ0) is 11.5. The second-order valence-corrected chi connectivity index (χ2v) is 5.33. The van der Waals surface area contributed by atoms with Crippen molar-refractivity contribution in [3.63, 3.8) is 0 Å². The molecule has 0 aromatic carbocycles. The highest BCUT2D eigenvalue weighted by Gasteiger charge is 2.32. The van der Waals surface area contributed by atoms with E-state index in [2.05, 4.69) is 13.8 Å². The van der Waals surface area contributed by atoms with E-state index in [0.717, 1.165) is 19.3 Å². The summed E-state index contributed by atoms with van der Waals surface area (Å²) in [5.74, 6) is -0.312. The van der Waals surface area contributed by atoms with Crippen molar-refractivity contribution in [2.24, 2.45) is 11.3 Å². The standard InChI is InChI=1S/C12H20O3/c1-12(2)7-6-9(10(13)8-12)4-3-5-11(14)15/h9H,3-8H2,1-2H3,(H,14,15)/t9-/m0/s1. The molecule has 0 unspecified atom stereocenters. The summed E-state index contributed by atoms with van der Waals surface area (Å²) in [6, 6.07) is 0. The minimum absolute atomic E-state index is 0.123. The van der Waals surface area contributed by atoms with Gasteiger partial charge in [-0.3, -0.25) is 9.59 Å². The maximum Gasteiger partial charge on any atom is 0.303 e. The van der Waals surface area contributed by atoms with Crippen LogP contribution in [0.1, 0.15) is 52.4 Å². The third-order valence-electron chi connectivity index (χ3n) is 3.22. The van der Waals surface area contributed by atoms with Gasteiger partial charge < -0.3 is 5.11 Å². The molecule has 1 rings (SSSR count). The summed E-state index contributed by atoms with van der Waals surface area (Å²) in [4.78, 5) is 22.1. The van der Waals surface area contributed by atoms with Crippen LogP contribution < -0.4 is 0 Å². The van der Waals surface area contributed by atoms with Crippen molar-refractivity contribution in [1.82, 2.24) is 0 Å². The molecule has 3 heteroatoms. The molecule has 1 saturated carbocycles. The minimum Gasteiger partial charge on any atom is -0.481 e. The molecule has 0 saturated heterocycles. The lowest BCUT2D eigenvalue weighted by molar-refractivity contribution is -0.137. The van der Waals surface area contributed by atoms with E-state index in [9.17, 15) is 9.59 Å². The molecule has 15 heavy (non-hydrogen) atoms. The third-order valence-corrected chi connectivity index (χ3v) is 3.22. The van der Waals surface area contributed by atoms with E-state index in [-0.39, 0.29) is 17.8 Å². The Hall–Kier alpha value is -0.860. The Kier molecular flexibility index (Phi) is 3.89. The fraction of sp³-hybridized carbons (Fsp3) is 0.833. The summed E-state index contributed by atoms with van der Waals surface area (Å²) < 4.78 is 0. The number of Topliss-reactive ketones (excluding diaryl/α,β-unsaturated/α-hetero) is 1. The summed E-state index contributed by atoms with van der Waals surface area (Å²) in [6.45, 7) is 4.25. The highest BCUT2D eigenvalue weighted by Crippen LogP contribution is 2.37. The van der Waals surface area contributed by atoms with Gasteiger partial charge in [0.05, 0.1) is 0 Å². The molecule has 1 aliphatic carbocycles. The van der Waals surface area contributed by atoms with Gasteiger partial charge in [0.15, 0.2) is 0 Å². The lowest BCUT2D eigenvalue weighted by Crippen LogP contribution is -2.30. The van der Waals surface area contributed by atoms with Crippen molar-refractivity contribution in [3.8, 4) is 0 Å². The van der Waals surface area contributed by atoms with Crippen LogP contribution in [-0.4, -0.2) is 16.9 Å².